The Hall–Kier alpha value is -1.42. The highest BCUT2D eigenvalue weighted by Gasteiger charge is 2.57. The Bertz CT molecular complexity index is 563. The minimum Gasteiger partial charge on any atom is -0.377 e. The quantitative estimate of drug-likeness (QED) is 0.934. The first-order valence-electron chi connectivity index (χ1n) is 8.60. The molecule has 2 heterocycles. The molecule has 3 aliphatic rings. The molecule has 4 atom stereocenters. The van der Waals surface area contributed by atoms with Crippen LogP contribution in [0.2, 0.25) is 0 Å². The number of carbonyl (C=O) groups excluding carboxylic acids is 1. The van der Waals surface area contributed by atoms with Crippen molar-refractivity contribution in [2.75, 3.05) is 6.61 Å². The van der Waals surface area contributed by atoms with E-state index in [4.69, 9.17) is 4.74 Å². The average molecular weight is 300 g/mol. The fourth-order valence-corrected chi connectivity index (χ4v) is 4.81. The van der Waals surface area contributed by atoms with Crippen molar-refractivity contribution in [2.24, 2.45) is 17.8 Å². The number of aromatic nitrogens is 1. The lowest BCUT2D eigenvalue weighted by molar-refractivity contribution is -0.0784. The van der Waals surface area contributed by atoms with Crippen LogP contribution in [0.4, 0.5) is 0 Å². The van der Waals surface area contributed by atoms with E-state index in [9.17, 15) is 4.79 Å². The molecule has 4 rings (SSSR count). The van der Waals surface area contributed by atoms with E-state index in [1.165, 1.54) is 25.7 Å². The molecule has 1 aliphatic heterocycles. The summed E-state index contributed by atoms with van der Waals surface area (Å²) in [6, 6.07) is 3.99. The number of hydrogen-bond donors (Lipinski definition) is 1. The number of ether oxygens (including phenoxy) is 1. The Labute approximate surface area is 131 Å². The second-order valence-electron chi connectivity index (χ2n) is 7.05. The standard InChI is InChI=1S/C18H24N2O2/c1-11-13(7-4-9-19-11)18(21)20-16-14-8-10-22-17(14)15(16)12-5-2-3-6-12/h4,7,9,12,14-17H,2-3,5-6,8,10H2,1H3,(H,20,21)/t14-,15+,16+,17-/m1/s1. The number of fused-ring (bicyclic) bond motifs is 1. The van der Waals surface area contributed by atoms with Crippen LogP contribution in [0.1, 0.15) is 48.2 Å². The summed E-state index contributed by atoms with van der Waals surface area (Å²) in [5.74, 6) is 1.81. The smallest absolute Gasteiger partial charge is 0.253 e. The zero-order chi connectivity index (χ0) is 15.1. The maximum atomic E-state index is 12.6. The number of aryl methyl sites for hydroxylation is 1. The van der Waals surface area contributed by atoms with Gasteiger partial charge < -0.3 is 10.1 Å². The van der Waals surface area contributed by atoms with Gasteiger partial charge in [0.1, 0.15) is 0 Å². The molecule has 1 aromatic rings. The number of amides is 1. The highest BCUT2D eigenvalue weighted by Crippen LogP contribution is 2.51. The fraction of sp³-hybridized carbons (Fsp3) is 0.667. The van der Waals surface area contributed by atoms with Crippen molar-refractivity contribution in [3.63, 3.8) is 0 Å². The Morgan fingerprint density at radius 1 is 1.32 bits per heavy atom. The van der Waals surface area contributed by atoms with E-state index in [1.807, 2.05) is 19.1 Å². The molecule has 1 saturated heterocycles. The van der Waals surface area contributed by atoms with E-state index in [0.717, 1.165) is 24.6 Å². The Balaban J connectivity index is 1.50. The van der Waals surface area contributed by atoms with Gasteiger partial charge in [0, 0.05) is 36.4 Å². The molecule has 0 unspecified atom stereocenters. The van der Waals surface area contributed by atoms with Gasteiger partial charge in [-0.15, -0.1) is 0 Å². The summed E-state index contributed by atoms with van der Waals surface area (Å²) in [7, 11) is 0. The molecule has 2 saturated carbocycles. The van der Waals surface area contributed by atoms with Crippen molar-refractivity contribution in [3.8, 4) is 0 Å². The number of nitrogens with one attached hydrogen (secondary N) is 1. The predicted octanol–water partition coefficient (Wildman–Crippen LogP) is 2.71. The van der Waals surface area contributed by atoms with Crippen LogP contribution < -0.4 is 5.32 Å². The maximum Gasteiger partial charge on any atom is 0.253 e. The molecule has 0 bridgehead atoms. The van der Waals surface area contributed by atoms with E-state index in [0.29, 0.717) is 29.5 Å². The van der Waals surface area contributed by atoms with Crippen LogP contribution in [0.25, 0.3) is 0 Å². The van der Waals surface area contributed by atoms with Gasteiger partial charge >= 0.3 is 0 Å². The lowest BCUT2D eigenvalue weighted by Crippen LogP contribution is -2.63. The van der Waals surface area contributed by atoms with Crippen molar-refractivity contribution < 1.29 is 9.53 Å². The van der Waals surface area contributed by atoms with Gasteiger partial charge in [0.2, 0.25) is 0 Å². The Kier molecular flexibility index (Phi) is 3.65. The molecule has 1 amide bonds. The van der Waals surface area contributed by atoms with Crippen LogP contribution in [-0.2, 0) is 4.74 Å². The molecule has 0 radical (unpaired) electrons. The second kappa shape index (κ2) is 5.65. The Morgan fingerprint density at radius 3 is 2.91 bits per heavy atom. The lowest BCUT2D eigenvalue weighted by atomic mass is 9.61. The third kappa shape index (κ3) is 2.24. The van der Waals surface area contributed by atoms with Crippen LogP contribution in [0.5, 0.6) is 0 Å². The summed E-state index contributed by atoms with van der Waals surface area (Å²) < 4.78 is 5.95. The number of carbonyl (C=O) groups is 1. The first-order valence-corrected chi connectivity index (χ1v) is 8.60. The van der Waals surface area contributed by atoms with Crippen molar-refractivity contribution in [1.29, 1.82) is 0 Å². The summed E-state index contributed by atoms with van der Waals surface area (Å²) in [5.41, 5.74) is 1.51. The van der Waals surface area contributed by atoms with Gasteiger partial charge in [-0.05, 0) is 31.4 Å². The number of nitrogens with zero attached hydrogens (tertiary/aromatic N) is 1. The SMILES string of the molecule is Cc1ncccc1C(=O)N[C@H]1[C@H]2CCO[C@H]2[C@H]1C1CCCC1. The topological polar surface area (TPSA) is 51.2 Å². The lowest BCUT2D eigenvalue weighted by Gasteiger charge is -2.50. The monoisotopic (exact) mass is 300 g/mol. The normalized spacial score (nSPS) is 34.2. The zero-order valence-electron chi connectivity index (χ0n) is 13.1. The average Bonchev–Trinajstić information content (AvgIpc) is 3.16. The third-order valence-corrected chi connectivity index (χ3v) is 5.93. The van der Waals surface area contributed by atoms with Crippen molar-refractivity contribution in [3.05, 3.63) is 29.6 Å². The zero-order valence-corrected chi connectivity index (χ0v) is 13.1. The molecular formula is C18H24N2O2. The van der Waals surface area contributed by atoms with E-state index in [2.05, 4.69) is 10.3 Å². The van der Waals surface area contributed by atoms with E-state index >= 15 is 0 Å². The minimum atomic E-state index is 0.0314. The molecule has 22 heavy (non-hydrogen) atoms. The first kappa shape index (κ1) is 14.2. The predicted molar refractivity (Wildman–Crippen MR) is 83.5 cm³/mol. The molecule has 3 fully saturated rings. The van der Waals surface area contributed by atoms with Crippen LogP contribution in [0, 0.1) is 24.7 Å². The molecule has 118 valence electrons. The molecule has 0 spiro atoms. The largest absolute Gasteiger partial charge is 0.377 e. The summed E-state index contributed by atoms with van der Waals surface area (Å²) in [4.78, 5) is 16.9. The molecule has 4 heteroatoms. The van der Waals surface area contributed by atoms with E-state index in [-0.39, 0.29) is 5.91 Å². The first-order chi connectivity index (χ1) is 10.8. The van der Waals surface area contributed by atoms with Crippen LogP contribution in [0.15, 0.2) is 18.3 Å². The Morgan fingerprint density at radius 2 is 2.14 bits per heavy atom. The summed E-state index contributed by atoms with van der Waals surface area (Å²) in [6.07, 6.45) is 8.48. The molecule has 2 aliphatic carbocycles. The van der Waals surface area contributed by atoms with E-state index in [1.54, 1.807) is 6.20 Å². The van der Waals surface area contributed by atoms with Crippen LogP contribution >= 0.6 is 0 Å². The number of hydrogen-bond acceptors (Lipinski definition) is 3. The third-order valence-electron chi connectivity index (χ3n) is 5.93. The fourth-order valence-electron chi connectivity index (χ4n) is 4.81. The molecular weight excluding hydrogens is 276 g/mol. The molecule has 4 nitrogen and oxygen atoms in total. The number of rotatable bonds is 3. The van der Waals surface area contributed by atoms with Crippen molar-refractivity contribution in [1.82, 2.24) is 10.3 Å². The van der Waals surface area contributed by atoms with Gasteiger partial charge in [-0.3, -0.25) is 9.78 Å². The van der Waals surface area contributed by atoms with Gasteiger partial charge in [-0.25, -0.2) is 0 Å². The van der Waals surface area contributed by atoms with Crippen LogP contribution in [-0.4, -0.2) is 29.6 Å². The highest BCUT2D eigenvalue weighted by molar-refractivity contribution is 5.95. The van der Waals surface area contributed by atoms with Gasteiger partial charge in [0.15, 0.2) is 0 Å². The molecule has 1 N–H and O–H groups in total. The number of pyridine rings is 1. The highest BCUT2D eigenvalue weighted by atomic mass is 16.5. The van der Waals surface area contributed by atoms with Crippen molar-refractivity contribution >= 4 is 5.91 Å². The summed E-state index contributed by atoms with van der Waals surface area (Å²) >= 11 is 0. The second-order valence-corrected chi connectivity index (χ2v) is 7.05. The molecule has 1 aromatic heterocycles. The maximum absolute atomic E-state index is 12.6. The van der Waals surface area contributed by atoms with Gasteiger partial charge in [0.25, 0.3) is 5.91 Å². The van der Waals surface area contributed by atoms with Gasteiger partial charge in [0.05, 0.1) is 11.7 Å². The van der Waals surface area contributed by atoms with E-state index < -0.39 is 0 Å². The summed E-state index contributed by atoms with van der Waals surface area (Å²) in [6.45, 7) is 2.75. The van der Waals surface area contributed by atoms with Crippen molar-refractivity contribution in [2.45, 2.75) is 51.2 Å². The van der Waals surface area contributed by atoms with Gasteiger partial charge in [-0.1, -0.05) is 25.7 Å². The van der Waals surface area contributed by atoms with Crippen LogP contribution in [0.3, 0.4) is 0 Å². The van der Waals surface area contributed by atoms with Gasteiger partial charge in [-0.2, -0.15) is 0 Å². The minimum absolute atomic E-state index is 0.0314. The summed E-state index contributed by atoms with van der Waals surface area (Å²) in [5, 5.41) is 3.31. The molecule has 0 aromatic carbocycles.